The van der Waals surface area contributed by atoms with Gasteiger partial charge in [-0.2, -0.15) is 43.2 Å². The number of aromatic nitrogens is 2. The van der Waals surface area contributed by atoms with E-state index in [1.165, 1.54) is 0 Å². The van der Waals surface area contributed by atoms with Crippen molar-refractivity contribution >= 4 is 20.2 Å². The fourth-order valence-corrected chi connectivity index (χ4v) is 6.43. The molecular weight excluding hydrogens is 630 g/mol. The average molecular weight is 642 g/mol. The zero-order valence-electron chi connectivity index (χ0n) is 19.8. The van der Waals surface area contributed by atoms with E-state index in [4.69, 9.17) is 0 Å². The van der Waals surface area contributed by atoms with Gasteiger partial charge in [-0.3, -0.25) is 8.57 Å². The molecule has 224 valence electrons. The molecule has 0 fully saturated rings. The maximum absolute atomic E-state index is 13.3. The summed E-state index contributed by atoms with van der Waals surface area (Å²) in [5.74, 6) is -5.39. The van der Waals surface area contributed by atoms with Crippen LogP contribution < -0.4 is 8.57 Å². The van der Waals surface area contributed by atoms with Crippen LogP contribution in [0, 0.1) is 0 Å². The molecule has 1 aliphatic carbocycles. The van der Waals surface area contributed by atoms with Gasteiger partial charge in [-0.15, -0.1) is 0 Å². The second kappa shape index (κ2) is 8.89. The lowest BCUT2D eigenvalue weighted by Gasteiger charge is -2.14. The third kappa shape index (κ3) is 4.21. The van der Waals surface area contributed by atoms with Crippen LogP contribution in [0.15, 0.2) is 58.3 Å². The van der Waals surface area contributed by atoms with Crippen LogP contribution in [0.3, 0.4) is 0 Å². The molecule has 2 heterocycles. The van der Waals surface area contributed by atoms with E-state index < -0.39 is 99.3 Å². The summed E-state index contributed by atoms with van der Waals surface area (Å²) in [6.07, 6.45) is -10.3. The molecule has 20 heteroatoms. The largest absolute Gasteiger partial charge is 0.492 e. The van der Waals surface area contributed by atoms with Crippen LogP contribution >= 0.6 is 0 Å². The van der Waals surface area contributed by atoms with Gasteiger partial charge in [-0.25, -0.2) is 0 Å². The number of nitrogens with zero attached hydrogens (tertiary/aromatic N) is 2. The van der Waals surface area contributed by atoms with Crippen molar-refractivity contribution in [1.82, 2.24) is 9.46 Å². The quantitative estimate of drug-likeness (QED) is 0.201. The SMILES string of the molecule is O=S(=O)(On1c(O)c2c(c1O)-c1c-2c(O)n(OS(=O)(=O)c2ccccc2C(F)(F)F)c1O)c1ccccc1C(F)(F)F. The summed E-state index contributed by atoms with van der Waals surface area (Å²) in [6, 6.07) is 5.54. The van der Waals surface area contributed by atoms with Gasteiger partial charge in [0.1, 0.15) is 9.79 Å². The first-order valence-corrected chi connectivity index (χ1v) is 13.7. The molecule has 2 aromatic carbocycles. The maximum atomic E-state index is 13.3. The molecule has 12 nitrogen and oxygen atoms in total. The molecule has 1 aliphatic rings. The number of benzene rings is 2. The van der Waals surface area contributed by atoms with Crippen molar-refractivity contribution < 1.29 is 72.2 Å². The monoisotopic (exact) mass is 642 g/mol. The second-order valence-electron chi connectivity index (χ2n) is 8.43. The van der Waals surface area contributed by atoms with Crippen LogP contribution in [-0.4, -0.2) is 46.7 Å². The normalized spacial score (nSPS) is 13.3. The number of aromatic hydroxyl groups is 4. The Morgan fingerprint density at radius 1 is 0.524 bits per heavy atom. The molecule has 0 amide bonds. The van der Waals surface area contributed by atoms with E-state index in [0.29, 0.717) is 24.3 Å². The predicted octanol–water partition coefficient (Wildman–Crippen LogP) is 3.43. The molecule has 5 rings (SSSR count). The van der Waals surface area contributed by atoms with Crippen molar-refractivity contribution in [3.8, 4) is 45.8 Å². The van der Waals surface area contributed by atoms with E-state index in [9.17, 15) is 63.6 Å². The average Bonchev–Trinajstić information content (AvgIpc) is 3.18. The third-order valence-corrected chi connectivity index (χ3v) is 8.41. The summed E-state index contributed by atoms with van der Waals surface area (Å²) in [5, 5.41) is 42.0. The molecule has 4 aromatic rings. The maximum Gasteiger partial charge on any atom is 0.417 e. The molecule has 0 saturated carbocycles. The highest BCUT2D eigenvalue weighted by atomic mass is 32.2. The lowest BCUT2D eigenvalue weighted by molar-refractivity contribution is -0.140. The smallest absolute Gasteiger partial charge is 0.417 e. The molecule has 0 saturated heterocycles. The Morgan fingerprint density at radius 3 is 1.05 bits per heavy atom. The number of halogens is 6. The minimum absolute atomic E-state index is 0.243. The number of fused-ring (bicyclic) bond motifs is 4. The van der Waals surface area contributed by atoms with Gasteiger partial charge < -0.3 is 20.4 Å². The summed E-state index contributed by atoms with van der Waals surface area (Å²) in [6.45, 7) is 0. The Labute approximate surface area is 229 Å². The van der Waals surface area contributed by atoms with Crippen molar-refractivity contribution in [2.45, 2.75) is 22.1 Å². The molecule has 0 radical (unpaired) electrons. The number of rotatable bonds is 6. The topological polar surface area (TPSA) is 178 Å². The minimum Gasteiger partial charge on any atom is -0.492 e. The minimum atomic E-state index is -5.42. The van der Waals surface area contributed by atoms with Crippen molar-refractivity contribution in [3.63, 3.8) is 0 Å². The van der Waals surface area contributed by atoms with E-state index in [1.807, 2.05) is 0 Å². The zero-order valence-corrected chi connectivity index (χ0v) is 21.5. The summed E-state index contributed by atoms with van der Waals surface area (Å²) >= 11 is 0. The summed E-state index contributed by atoms with van der Waals surface area (Å²) in [4.78, 5) is -2.80. The molecule has 0 spiro atoms. The predicted molar refractivity (Wildman–Crippen MR) is 124 cm³/mol. The van der Waals surface area contributed by atoms with Crippen molar-refractivity contribution in [2.24, 2.45) is 0 Å². The molecule has 0 bridgehead atoms. The highest BCUT2D eigenvalue weighted by Gasteiger charge is 2.47. The number of hydrogen-bond acceptors (Lipinski definition) is 10. The Morgan fingerprint density at radius 2 is 0.786 bits per heavy atom. The van der Waals surface area contributed by atoms with Crippen LogP contribution in [0.2, 0.25) is 0 Å². The van der Waals surface area contributed by atoms with E-state index in [-0.39, 0.29) is 9.46 Å². The van der Waals surface area contributed by atoms with E-state index in [2.05, 4.69) is 8.57 Å². The fourth-order valence-electron chi connectivity index (χ4n) is 4.19. The lowest BCUT2D eigenvalue weighted by Crippen LogP contribution is -2.23. The molecule has 2 aromatic heterocycles. The summed E-state index contributed by atoms with van der Waals surface area (Å²) in [7, 11) is -10.8. The fraction of sp³-hybridized carbons (Fsp3) is 0.0909. The van der Waals surface area contributed by atoms with Gasteiger partial charge in [0, 0.05) is 0 Å². The van der Waals surface area contributed by atoms with Gasteiger partial charge in [-0.1, -0.05) is 33.7 Å². The Kier molecular flexibility index (Phi) is 6.09. The second-order valence-corrected chi connectivity index (χ2v) is 11.4. The van der Waals surface area contributed by atoms with Gasteiger partial charge in [0.15, 0.2) is 0 Å². The van der Waals surface area contributed by atoms with Crippen molar-refractivity contribution in [2.75, 3.05) is 0 Å². The number of alkyl halides is 6. The van der Waals surface area contributed by atoms with Gasteiger partial charge in [0.2, 0.25) is 23.5 Å². The van der Waals surface area contributed by atoms with Gasteiger partial charge in [0.25, 0.3) is 0 Å². The van der Waals surface area contributed by atoms with Gasteiger partial charge >= 0.3 is 32.6 Å². The highest BCUT2D eigenvalue weighted by molar-refractivity contribution is 7.87. The highest BCUT2D eigenvalue weighted by Crippen LogP contribution is 2.64. The van der Waals surface area contributed by atoms with Crippen LogP contribution in [0.4, 0.5) is 26.3 Å². The standard InChI is InChI=1S/C22H12F6N2O10S2/c23-21(24,25)9-5-1-3-7-11(9)41(35,36)39-29-17(31)13-14(18(29)32)16-15(13)19(33)30(20(16)34)40-42(37,38)12-8-4-2-6-10(12)22(26,27)28/h1-8,31-34H. The third-order valence-electron chi connectivity index (χ3n) is 5.93. The van der Waals surface area contributed by atoms with E-state index >= 15 is 0 Å². The zero-order chi connectivity index (χ0) is 31.2. The van der Waals surface area contributed by atoms with E-state index in [1.54, 1.807) is 0 Å². The number of hydrogen-bond donors (Lipinski definition) is 4. The molecule has 42 heavy (non-hydrogen) atoms. The molecule has 4 N–H and O–H groups in total. The Bertz CT molecular complexity index is 1790. The summed E-state index contributed by atoms with van der Waals surface area (Å²) < 4.78 is 139. The van der Waals surface area contributed by atoms with Gasteiger partial charge in [-0.05, 0) is 24.3 Å². The van der Waals surface area contributed by atoms with Crippen LogP contribution in [0.25, 0.3) is 22.3 Å². The lowest BCUT2D eigenvalue weighted by atomic mass is 9.86. The van der Waals surface area contributed by atoms with Crippen molar-refractivity contribution in [1.29, 1.82) is 0 Å². The van der Waals surface area contributed by atoms with Crippen LogP contribution in [-0.2, 0) is 32.6 Å². The first kappa shape index (κ1) is 28.8. The molecule has 0 atom stereocenters. The summed E-state index contributed by atoms with van der Waals surface area (Å²) in [5.41, 5.74) is -6.06. The first-order chi connectivity index (χ1) is 19.3. The molecule has 0 unspecified atom stereocenters. The molecular formula is C22H12F6N2O10S2. The first-order valence-electron chi connectivity index (χ1n) is 10.9. The van der Waals surface area contributed by atoms with E-state index in [0.717, 1.165) is 24.3 Å². The molecule has 0 aliphatic heterocycles. The Hall–Kier alpha value is -4.72. The Balaban J connectivity index is 1.54. The van der Waals surface area contributed by atoms with Crippen molar-refractivity contribution in [3.05, 3.63) is 59.7 Å². The van der Waals surface area contributed by atoms with Crippen LogP contribution in [0.5, 0.6) is 23.5 Å². The van der Waals surface area contributed by atoms with Crippen LogP contribution in [0.1, 0.15) is 11.1 Å². The van der Waals surface area contributed by atoms with Gasteiger partial charge in [0.05, 0.1) is 33.4 Å².